The highest BCUT2D eigenvalue weighted by Crippen LogP contribution is 2.25. The Bertz CT molecular complexity index is 557. The van der Waals surface area contributed by atoms with Gasteiger partial charge in [-0.2, -0.15) is 4.31 Å². The molecule has 1 aromatic rings. The first kappa shape index (κ1) is 17.9. The summed E-state index contributed by atoms with van der Waals surface area (Å²) < 4.78 is 27.7. The lowest BCUT2D eigenvalue weighted by molar-refractivity contribution is 0.298. The zero-order valence-corrected chi connectivity index (χ0v) is 14.8. The van der Waals surface area contributed by atoms with Gasteiger partial charge in [0, 0.05) is 23.6 Å². The third kappa shape index (κ3) is 3.74. The fourth-order valence-electron chi connectivity index (χ4n) is 2.43. The Morgan fingerprint density at radius 1 is 1.30 bits per heavy atom. The minimum Gasteiger partial charge on any atom is -0.317 e. The van der Waals surface area contributed by atoms with Crippen molar-refractivity contribution in [3.63, 3.8) is 0 Å². The van der Waals surface area contributed by atoms with E-state index in [2.05, 4.69) is 21.2 Å². The number of nitrogens with zero attached hydrogens (tertiary/aromatic N) is 1. The number of sulfonamides is 1. The molecule has 0 aromatic heterocycles. The number of aryl methyl sites for hydroxylation is 1. The van der Waals surface area contributed by atoms with Gasteiger partial charge < -0.3 is 5.32 Å². The van der Waals surface area contributed by atoms with Crippen LogP contribution in [0, 0.1) is 6.92 Å². The van der Waals surface area contributed by atoms with Crippen LogP contribution in [0.4, 0.5) is 0 Å². The van der Waals surface area contributed by atoms with Crippen LogP contribution in [-0.2, 0) is 10.0 Å². The van der Waals surface area contributed by atoms with Crippen molar-refractivity contribution in [2.24, 2.45) is 0 Å². The fourth-order valence-corrected chi connectivity index (χ4v) is 4.58. The molecule has 1 aliphatic heterocycles. The first-order valence-electron chi connectivity index (χ1n) is 6.38. The summed E-state index contributed by atoms with van der Waals surface area (Å²) in [6.07, 6.45) is 1.73. The Morgan fingerprint density at radius 3 is 2.40 bits per heavy atom. The molecule has 1 saturated heterocycles. The van der Waals surface area contributed by atoms with Crippen LogP contribution >= 0.6 is 28.3 Å². The molecule has 0 saturated carbocycles. The zero-order chi connectivity index (χ0) is 14.0. The van der Waals surface area contributed by atoms with Crippen molar-refractivity contribution in [3.8, 4) is 0 Å². The van der Waals surface area contributed by atoms with Crippen LogP contribution in [0.3, 0.4) is 0 Å². The summed E-state index contributed by atoms with van der Waals surface area (Å²) in [5, 5.41) is 3.21. The monoisotopic (exact) mass is 382 g/mol. The summed E-state index contributed by atoms with van der Waals surface area (Å²) in [7, 11) is -1.43. The van der Waals surface area contributed by atoms with E-state index in [9.17, 15) is 8.42 Å². The molecule has 1 aromatic carbocycles. The number of halogens is 2. The summed E-state index contributed by atoms with van der Waals surface area (Å²) >= 11 is 3.36. The van der Waals surface area contributed by atoms with Crippen molar-refractivity contribution in [1.29, 1.82) is 0 Å². The zero-order valence-electron chi connectivity index (χ0n) is 11.6. The van der Waals surface area contributed by atoms with Crippen molar-refractivity contribution >= 4 is 38.4 Å². The SMILES string of the molecule is CNC1CCN(S(=O)(=O)c2ccc(Br)cc2C)CC1.Cl. The first-order valence-corrected chi connectivity index (χ1v) is 8.62. The third-order valence-corrected chi connectivity index (χ3v) is 6.17. The van der Waals surface area contributed by atoms with E-state index >= 15 is 0 Å². The average molecular weight is 384 g/mol. The van der Waals surface area contributed by atoms with Crippen molar-refractivity contribution in [3.05, 3.63) is 28.2 Å². The molecule has 0 spiro atoms. The molecule has 1 heterocycles. The largest absolute Gasteiger partial charge is 0.317 e. The van der Waals surface area contributed by atoms with Gasteiger partial charge >= 0.3 is 0 Å². The van der Waals surface area contributed by atoms with E-state index in [4.69, 9.17) is 0 Å². The van der Waals surface area contributed by atoms with E-state index in [1.807, 2.05) is 20.0 Å². The van der Waals surface area contributed by atoms with Crippen molar-refractivity contribution in [2.45, 2.75) is 30.7 Å². The summed E-state index contributed by atoms with van der Waals surface area (Å²) in [6, 6.07) is 5.73. The number of rotatable bonds is 3. The summed E-state index contributed by atoms with van der Waals surface area (Å²) in [5.74, 6) is 0. The molecule has 0 atom stereocenters. The number of hydrogen-bond donors (Lipinski definition) is 1. The Kier molecular flexibility index (Phi) is 6.47. The quantitative estimate of drug-likeness (QED) is 0.872. The van der Waals surface area contributed by atoms with Crippen LogP contribution in [0.25, 0.3) is 0 Å². The average Bonchev–Trinajstić information content (AvgIpc) is 2.38. The number of piperidine rings is 1. The molecule has 2 rings (SSSR count). The predicted molar refractivity (Wildman–Crippen MR) is 87.0 cm³/mol. The third-order valence-electron chi connectivity index (χ3n) is 3.62. The van der Waals surface area contributed by atoms with Gasteiger partial charge in [0.1, 0.15) is 0 Å². The van der Waals surface area contributed by atoms with Crippen LogP contribution in [0.1, 0.15) is 18.4 Å². The number of hydrogen-bond acceptors (Lipinski definition) is 3. The van der Waals surface area contributed by atoms with E-state index in [1.165, 1.54) is 0 Å². The molecular weight excluding hydrogens is 364 g/mol. The normalized spacial score (nSPS) is 17.8. The molecule has 20 heavy (non-hydrogen) atoms. The predicted octanol–water partition coefficient (Wildman–Crippen LogP) is 2.55. The minimum absolute atomic E-state index is 0. The van der Waals surface area contributed by atoms with Crippen molar-refractivity contribution < 1.29 is 8.42 Å². The Labute approximate surface area is 135 Å². The number of nitrogens with one attached hydrogen (secondary N) is 1. The maximum absolute atomic E-state index is 12.6. The van der Waals surface area contributed by atoms with E-state index in [0.717, 1.165) is 22.9 Å². The maximum Gasteiger partial charge on any atom is 0.243 e. The summed E-state index contributed by atoms with van der Waals surface area (Å²) in [4.78, 5) is 0.415. The maximum atomic E-state index is 12.6. The van der Waals surface area contributed by atoms with E-state index in [-0.39, 0.29) is 12.4 Å². The summed E-state index contributed by atoms with van der Waals surface area (Å²) in [6.45, 7) is 3.00. The smallest absolute Gasteiger partial charge is 0.243 e. The molecule has 0 aliphatic carbocycles. The van der Waals surface area contributed by atoms with Gasteiger partial charge in [-0.15, -0.1) is 12.4 Å². The molecule has 4 nitrogen and oxygen atoms in total. The Hall–Kier alpha value is -0.140. The molecule has 0 bridgehead atoms. The Morgan fingerprint density at radius 2 is 1.90 bits per heavy atom. The van der Waals surface area contributed by atoms with Crippen LogP contribution < -0.4 is 5.32 Å². The fraction of sp³-hybridized carbons (Fsp3) is 0.538. The van der Waals surface area contributed by atoms with E-state index < -0.39 is 10.0 Å². The second kappa shape index (κ2) is 7.22. The van der Waals surface area contributed by atoms with Crippen LogP contribution in [-0.4, -0.2) is 38.9 Å². The second-order valence-electron chi connectivity index (χ2n) is 4.88. The van der Waals surface area contributed by atoms with Gasteiger partial charge in [0.15, 0.2) is 0 Å². The molecular formula is C13H20BrClN2O2S. The van der Waals surface area contributed by atoms with E-state index in [1.54, 1.807) is 16.4 Å². The second-order valence-corrected chi connectivity index (χ2v) is 7.70. The molecule has 7 heteroatoms. The lowest BCUT2D eigenvalue weighted by Crippen LogP contribution is -2.44. The van der Waals surface area contributed by atoms with Crippen LogP contribution in [0.2, 0.25) is 0 Å². The van der Waals surface area contributed by atoms with Crippen LogP contribution in [0.5, 0.6) is 0 Å². The van der Waals surface area contributed by atoms with Crippen molar-refractivity contribution in [2.75, 3.05) is 20.1 Å². The number of benzene rings is 1. The highest BCUT2D eigenvalue weighted by Gasteiger charge is 2.29. The molecule has 0 unspecified atom stereocenters. The van der Waals surface area contributed by atoms with Gasteiger partial charge in [-0.05, 0) is 50.6 Å². The molecule has 1 N–H and O–H groups in total. The van der Waals surface area contributed by atoms with Gasteiger partial charge in [0.2, 0.25) is 10.0 Å². The standard InChI is InChI=1S/C13H19BrN2O2S.ClH/c1-10-9-11(14)3-4-13(10)19(17,18)16-7-5-12(15-2)6-8-16;/h3-4,9,12,15H,5-8H2,1-2H3;1H. The van der Waals surface area contributed by atoms with Gasteiger partial charge in [0.05, 0.1) is 4.90 Å². The molecule has 1 fully saturated rings. The lowest BCUT2D eigenvalue weighted by atomic mass is 10.1. The topological polar surface area (TPSA) is 49.4 Å². The van der Waals surface area contributed by atoms with Crippen molar-refractivity contribution in [1.82, 2.24) is 9.62 Å². The van der Waals surface area contributed by atoms with Crippen LogP contribution in [0.15, 0.2) is 27.6 Å². The molecule has 0 amide bonds. The molecule has 0 radical (unpaired) electrons. The highest BCUT2D eigenvalue weighted by atomic mass is 79.9. The van der Waals surface area contributed by atoms with Gasteiger partial charge in [-0.1, -0.05) is 15.9 Å². The lowest BCUT2D eigenvalue weighted by Gasteiger charge is -2.31. The summed E-state index contributed by atoms with van der Waals surface area (Å²) in [5.41, 5.74) is 0.783. The highest BCUT2D eigenvalue weighted by molar-refractivity contribution is 9.10. The first-order chi connectivity index (χ1) is 8.95. The van der Waals surface area contributed by atoms with Gasteiger partial charge in [0.25, 0.3) is 0 Å². The van der Waals surface area contributed by atoms with Gasteiger partial charge in [-0.3, -0.25) is 0 Å². The molecule has 1 aliphatic rings. The van der Waals surface area contributed by atoms with Gasteiger partial charge in [-0.25, -0.2) is 8.42 Å². The molecule has 114 valence electrons. The Balaban J connectivity index is 0.00000200. The minimum atomic E-state index is -3.36. The van der Waals surface area contributed by atoms with E-state index in [0.29, 0.717) is 24.0 Å².